The van der Waals surface area contributed by atoms with Gasteiger partial charge in [0.1, 0.15) is 17.3 Å². The third-order valence-electron chi connectivity index (χ3n) is 6.03. The largest absolute Gasteiger partial charge is 0.480 e. The van der Waals surface area contributed by atoms with E-state index in [0.29, 0.717) is 36.3 Å². The summed E-state index contributed by atoms with van der Waals surface area (Å²) in [5.74, 6) is -1.27. The number of carboxylic acids is 1. The molecule has 2 heterocycles. The molecule has 2 aromatic rings. The van der Waals surface area contributed by atoms with E-state index in [1.54, 1.807) is 36.7 Å². The van der Waals surface area contributed by atoms with Crippen LogP contribution in [0.3, 0.4) is 0 Å². The Morgan fingerprint density at radius 1 is 1.24 bits per heavy atom. The van der Waals surface area contributed by atoms with Crippen molar-refractivity contribution >= 4 is 30.4 Å². The van der Waals surface area contributed by atoms with Gasteiger partial charge in [0.2, 0.25) is 11.8 Å². The van der Waals surface area contributed by atoms with Gasteiger partial charge in [-0.2, -0.15) is 12.6 Å². The summed E-state index contributed by atoms with van der Waals surface area (Å²) in [6, 6.07) is 5.92. The molecule has 178 valence electrons. The van der Waals surface area contributed by atoms with Crippen molar-refractivity contribution < 1.29 is 23.9 Å². The summed E-state index contributed by atoms with van der Waals surface area (Å²) in [7, 11) is 0. The molecule has 0 aromatic carbocycles. The number of hydrogen-bond acceptors (Lipinski definition) is 6. The maximum atomic E-state index is 13.2. The second kappa shape index (κ2) is 11.4. The first-order valence-corrected chi connectivity index (χ1v) is 11.9. The number of nitrogens with zero attached hydrogens (tertiary/aromatic N) is 1. The molecule has 8 nitrogen and oxygen atoms in total. The first-order chi connectivity index (χ1) is 15.8. The third-order valence-corrected chi connectivity index (χ3v) is 6.52. The van der Waals surface area contributed by atoms with Crippen LogP contribution in [0.25, 0.3) is 11.5 Å². The Morgan fingerprint density at radius 2 is 2.00 bits per heavy atom. The second-order valence-electron chi connectivity index (χ2n) is 8.53. The molecule has 1 aliphatic carbocycles. The smallest absolute Gasteiger partial charge is 0.326 e. The highest BCUT2D eigenvalue weighted by Crippen LogP contribution is 2.31. The van der Waals surface area contributed by atoms with Crippen LogP contribution >= 0.6 is 12.6 Å². The summed E-state index contributed by atoms with van der Waals surface area (Å²) >= 11 is 4.38. The molecule has 2 atom stereocenters. The van der Waals surface area contributed by atoms with Crippen molar-refractivity contribution in [3.05, 3.63) is 42.3 Å². The number of rotatable bonds is 11. The lowest BCUT2D eigenvalue weighted by molar-refractivity contribution is -0.143. The lowest BCUT2D eigenvalue weighted by Crippen LogP contribution is -2.61. The van der Waals surface area contributed by atoms with Crippen LogP contribution in [-0.4, -0.2) is 44.7 Å². The molecule has 1 saturated carbocycles. The number of furan rings is 1. The van der Waals surface area contributed by atoms with E-state index in [2.05, 4.69) is 28.2 Å². The van der Waals surface area contributed by atoms with Crippen LogP contribution in [0.2, 0.25) is 0 Å². The minimum Gasteiger partial charge on any atom is -0.480 e. The molecule has 0 bridgehead atoms. The van der Waals surface area contributed by atoms with E-state index < -0.39 is 28.7 Å². The molecule has 0 aliphatic heterocycles. The van der Waals surface area contributed by atoms with Crippen molar-refractivity contribution in [1.29, 1.82) is 0 Å². The normalized spacial score (nSPS) is 16.7. The monoisotopic (exact) mass is 473 g/mol. The van der Waals surface area contributed by atoms with Crippen LogP contribution < -0.4 is 10.6 Å². The number of thiol groups is 1. The molecule has 0 radical (unpaired) electrons. The highest BCUT2D eigenvalue weighted by molar-refractivity contribution is 7.81. The number of unbranched alkanes of at least 4 members (excludes halogenated alkanes) is 1. The average Bonchev–Trinajstić information content (AvgIpc) is 3.50. The third kappa shape index (κ3) is 6.37. The molecule has 9 heteroatoms. The number of carboxylic acid groups (broad SMARTS) is 1. The van der Waals surface area contributed by atoms with Crippen molar-refractivity contribution in [2.75, 3.05) is 0 Å². The summed E-state index contributed by atoms with van der Waals surface area (Å²) < 4.78 is 5.32. The predicted molar refractivity (Wildman–Crippen MR) is 127 cm³/mol. The zero-order valence-corrected chi connectivity index (χ0v) is 19.6. The minimum absolute atomic E-state index is 0.0717. The number of aliphatic carboxylic acids is 1. The van der Waals surface area contributed by atoms with E-state index in [4.69, 9.17) is 4.42 Å². The van der Waals surface area contributed by atoms with Crippen molar-refractivity contribution in [1.82, 2.24) is 15.6 Å². The first kappa shape index (κ1) is 24.8. The molecule has 1 fully saturated rings. The van der Waals surface area contributed by atoms with E-state index >= 15 is 0 Å². The van der Waals surface area contributed by atoms with Crippen molar-refractivity contribution in [2.24, 2.45) is 0 Å². The molecule has 33 heavy (non-hydrogen) atoms. The molecule has 2 unspecified atom stereocenters. The maximum absolute atomic E-state index is 13.2. The van der Waals surface area contributed by atoms with Gasteiger partial charge in [-0.3, -0.25) is 14.6 Å². The van der Waals surface area contributed by atoms with Crippen LogP contribution in [0.4, 0.5) is 0 Å². The van der Waals surface area contributed by atoms with Gasteiger partial charge in [0.15, 0.2) is 5.76 Å². The van der Waals surface area contributed by atoms with Gasteiger partial charge in [-0.05, 0) is 43.0 Å². The molecule has 2 aromatic heterocycles. The van der Waals surface area contributed by atoms with E-state index in [0.717, 1.165) is 25.7 Å². The molecular weight excluding hydrogens is 442 g/mol. The fourth-order valence-corrected chi connectivity index (χ4v) is 4.33. The Bertz CT molecular complexity index is 940. The molecule has 0 saturated heterocycles. The number of pyridine rings is 1. The Balaban J connectivity index is 1.67. The number of aromatic nitrogens is 1. The molecule has 2 amide bonds. The van der Waals surface area contributed by atoms with Crippen molar-refractivity contribution in [2.45, 2.75) is 75.1 Å². The van der Waals surface area contributed by atoms with Gasteiger partial charge in [-0.1, -0.05) is 38.7 Å². The summed E-state index contributed by atoms with van der Waals surface area (Å²) in [6.07, 6.45) is 8.18. The van der Waals surface area contributed by atoms with E-state index in [1.807, 2.05) is 6.92 Å². The first-order valence-electron chi connectivity index (χ1n) is 11.4. The Kier molecular flexibility index (Phi) is 8.55. The Hall–Kier alpha value is -2.81. The summed E-state index contributed by atoms with van der Waals surface area (Å²) in [5, 5.41) is 14.8. The average molecular weight is 474 g/mol. The highest BCUT2D eigenvalue weighted by Gasteiger charge is 2.44. The van der Waals surface area contributed by atoms with Gasteiger partial charge >= 0.3 is 5.97 Å². The molecule has 1 aliphatic rings. The van der Waals surface area contributed by atoms with Gasteiger partial charge in [-0.25, -0.2) is 4.79 Å². The summed E-state index contributed by atoms with van der Waals surface area (Å²) in [6.45, 7) is 2.04. The van der Waals surface area contributed by atoms with Crippen LogP contribution in [0, 0.1) is 0 Å². The van der Waals surface area contributed by atoms with Crippen molar-refractivity contribution in [3.8, 4) is 11.5 Å². The van der Waals surface area contributed by atoms with Crippen molar-refractivity contribution in [3.63, 3.8) is 0 Å². The fourth-order valence-electron chi connectivity index (χ4n) is 4.08. The number of amides is 2. The molecule has 3 N–H and O–H groups in total. The van der Waals surface area contributed by atoms with Gasteiger partial charge < -0.3 is 20.2 Å². The number of hydrogen-bond donors (Lipinski definition) is 4. The number of carbonyl (C=O) groups excluding carboxylic acids is 2. The topological polar surface area (TPSA) is 122 Å². The Labute approximate surface area is 199 Å². The predicted octanol–water partition coefficient (Wildman–Crippen LogP) is 3.37. The number of carbonyl (C=O) groups is 3. The maximum Gasteiger partial charge on any atom is 0.326 e. The van der Waals surface area contributed by atoms with Crippen LogP contribution in [0.1, 0.15) is 57.4 Å². The van der Waals surface area contributed by atoms with E-state index in [-0.39, 0.29) is 12.3 Å². The quantitative estimate of drug-likeness (QED) is 0.371. The zero-order valence-electron chi connectivity index (χ0n) is 18.8. The van der Waals surface area contributed by atoms with E-state index in [9.17, 15) is 19.5 Å². The van der Waals surface area contributed by atoms with E-state index in [1.165, 1.54) is 0 Å². The van der Waals surface area contributed by atoms with Gasteiger partial charge in [-0.15, -0.1) is 0 Å². The Morgan fingerprint density at radius 3 is 2.58 bits per heavy atom. The van der Waals surface area contributed by atoms with Gasteiger partial charge in [0.05, 0.1) is 11.5 Å². The highest BCUT2D eigenvalue weighted by atomic mass is 32.1. The molecular formula is C24H31N3O5S. The zero-order chi connectivity index (χ0) is 23.8. The fraction of sp³-hybridized carbons (Fsp3) is 0.500. The van der Waals surface area contributed by atoms with Gasteiger partial charge in [0.25, 0.3) is 0 Å². The SMILES string of the molecule is CCCCC(S)C(=O)NC1(C(=O)NC(Cc2ccc(-c3ccco3)nc2)C(=O)O)CCCC1. The van der Waals surface area contributed by atoms with Crippen LogP contribution in [0.15, 0.2) is 41.1 Å². The summed E-state index contributed by atoms with van der Waals surface area (Å²) in [4.78, 5) is 42.1. The number of nitrogens with one attached hydrogen (secondary N) is 2. The second-order valence-corrected chi connectivity index (χ2v) is 9.16. The minimum atomic E-state index is -1.15. The lowest BCUT2D eigenvalue weighted by atomic mass is 9.94. The molecule has 3 rings (SSSR count). The summed E-state index contributed by atoms with van der Waals surface area (Å²) in [5.41, 5.74) is 0.202. The lowest BCUT2D eigenvalue weighted by Gasteiger charge is -2.31. The van der Waals surface area contributed by atoms with Crippen LogP contribution in [-0.2, 0) is 20.8 Å². The molecule has 0 spiro atoms. The van der Waals surface area contributed by atoms with Gasteiger partial charge in [0, 0.05) is 12.6 Å². The van der Waals surface area contributed by atoms with Crippen LogP contribution in [0.5, 0.6) is 0 Å². The standard InChI is InChI=1S/C24H31N3O5S/c1-2-3-8-20(33)21(28)27-24(11-4-5-12-24)23(31)26-18(22(29)30)14-16-9-10-17(25-15-16)19-7-6-13-32-19/h6-7,9-10,13,15,18,20,33H,2-5,8,11-12,14H2,1H3,(H,26,31)(H,27,28)(H,29,30).